The minimum Gasteiger partial charge on any atom is -0.492 e. The van der Waals surface area contributed by atoms with E-state index in [1.165, 1.54) is 18.4 Å². The topological polar surface area (TPSA) is 64.9 Å². The molecule has 0 amide bonds. The van der Waals surface area contributed by atoms with Crippen LogP contribution in [0.4, 0.5) is 0 Å². The van der Waals surface area contributed by atoms with Gasteiger partial charge in [-0.25, -0.2) is 4.68 Å². The first-order chi connectivity index (χ1) is 10.3. The molecule has 1 aliphatic carbocycles. The maximum absolute atomic E-state index is 5.76. The summed E-state index contributed by atoms with van der Waals surface area (Å²) in [6, 6.07) is 6.94. The molecule has 2 heterocycles. The normalized spacial score (nSPS) is 20.9. The summed E-state index contributed by atoms with van der Waals surface area (Å²) in [6.07, 6.45) is 3.32. The third-order valence-corrected chi connectivity index (χ3v) is 4.61. The fraction of sp³-hybridized carbons (Fsp3) is 0.500. The third kappa shape index (κ3) is 2.55. The molecule has 7 heteroatoms. The molecule has 1 atom stereocenters. The molecule has 0 bridgehead atoms. The number of ether oxygens (including phenoxy) is 1. The van der Waals surface area contributed by atoms with Crippen LogP contribution in [0.1, 0.15) is 42.7 Å². The van der Waals surface area contributed by atoms with E-state index >= 15 is 0 Å². The number of hydrogen-bond donors (Lipinski definition) is 1. The van der Waals surface area contributed by atoms with E-state index in [0.29, 0.717) is 12.6 Å². The Hall–Kier alpha value is -1.47. The lowest BCUT2D eigenvalue weighted by Crippen LogP contribution is -2.28. The Morgan fingerprint density at radius 1 is 1.33 bits per heavy atom. The van der Waals surface area contributed by atoms with Gasteiger partial charge in [0, 0.05) is 18.0 Å². The fourth-order valence-electron chi connectivity index (χ4n) is 2.74. The number of nitrogens with zero attached hydrogens (tertiary/aromatic N) is 4. The van der Waals surface area contributed by atoms with E-state index in [4.69, 9.17) is 4.74 Å². The van der Waals surface area contributed by atoms with Crippen molar-refractivity contribution >= 4 is 15.9 Å². The van der Waals surface area contributed by atoms with Crippen LogP contribution in [0.25, 0.3) is 0 Å². The monoisotopic (exact) mass is 349 g/mol. The average Bonchev–Trinajstić information content (AvgIpc) is 3.24. The summed E-state index contributed by atoms with van der Waals surface area (Å²) in [5, 5.41) is 15.6. The highest BCUT2D eigenvalue weighted by molar-refractivity contribution is 9.10. The molecule has 6 nitrogen and oxygen atoms in total. The van der Waals surface area contributed by atoms with Crippen molar-refractivity contribution in [1.82, 2.24) is 25.5 Å². The molecule has 4 rings (SSSR count). The lowest BCUT2D eigenvalue weighted by molar-refractivity contribution is 0.249. The molecule has 1 unspecified atom stereocenters. The summed E-state index contributed by atoms with van der Waals surface area (Å²) in [4.78, 5) is 0. The minimum absolute atomic E-state index is 0.274. The van der Waals surface area contributed by atoms with Crippen molar-refractivity contribution in [2.75, 3.05) is 6.61 Å². The maximum atomic E-state index is 5.76. The maximum Gasteiger partial charge on any atom is 0.165 e. The van der Waals surface area contributed by atoms with Crippen molar-refractivity contribution < 1.29 is 4.74 Å². The summed E-state index contributed by atoms with van der Waals surface area (Å²) in [6.45, 7) is 1.40. The predicted octanol–water partition coefficient (Wildman–Crippen LogP) is 2.38. The Morgan fingerprint density at radius 3 is 3.10 bits per heavy atom. The van der Waals surface area contributed by atoms with Gasteiger partial charge in [0.25, 0.3) is 0 Å². The molecule has 1 aromatic heterocycles. The van der Waals surface area contributed by atoms with E-state index in [1.807, 2.05) is 16.8 Å². The molecule has 1 N–H and O–H groups in total. The molecule has 110 valence electrons. The lowest BCUT2D eigenvalue weighted by Gasteiger charge is -2.27. The standard InChI is InChI=1S/C14H16BrN5O/c15-11-3-1-2-10-12(6-7-21-14(10)11)16-8-13-17-18-19-20(13)9-4-5-9/h1-3,9,12,16H,4-8H2. The number of nitrogens with one attached hydrogen (secondary N) is 1. The first-order valence-electron chi connectivity index (χ1n) is 7.24. The van der Waals surface area contributed by atoms with Gasteiger partial charge in [-0.2, -0.15) is 0 Å². The molecule has 0 spiro atoms. The Bertz CT molecular complexity index is 655. The second kappa shape index (κ2) is 5.38. The van der Waals surface area contributed by atoms with Gasteiger partial charge in [-0.05, 0) is 45.3 Å². The quantitative estimate of drug-likeness (QED) is 0.917. The zero-order valence-corrected chi connectivity index (χ0v) is 13.1. The van der Waals surface area contributed by atoms with Crippen LogP contribution in [0.3, 0.4) is 0 Å². The molecule has 0 saturated heterocycles. The molecule has 1 aliphatic heterocycles. The zero-order valence-electron chi connectivity index (χ0n) is 11.5. The summed E-state index contributed by atoms with van der Waals surface area (Å²) >= 11 is 3.55. The molecule has 2 aliphatic rings. The number of benzene rings is 1. The summed E-state index contributed by atoms with van der Waals surface area (Å²) in [5.41, 5.74) is 1.20. The second-order valence-electron chi connectivity index (χ2n) is 5.50. The van der Waals surface area contributed by atoms with Crippen LogP contribution < -0.4 is 10.1 Å². The molecule has 1 aromatic carbocycles. The number of halogens is 1. The van der Waals surface area contributed by atoms with Crippen molar-refractivity contribution in [3.63, 3.8) is 0 Å². The minimum atomic E-state index is 0.274. The fourth-order valence-corrected chi connectivity index (χ4v) is 3.24. The summed E-state index contributed by atoms with van der Waals surface area (Å²) in [7, 11) is 0. The molecule has 21 heavy (non-hydrogen) atoms. The van der Waals surface area contributed by atoms with Crippen molar-refractivity contribution in [2.45, 2.75) is 37.9 Å². The van der Waals surface area contributed by atoms with E-state index < -0.39 is 0 Å². The highest BCUT2D eigenvalue weighted by atomic mass is 79.9. The van der Waals surface area contributed by atoms with Crippen molar-refractivity contribution in [3.8, 4) is 5.75 Å². The highest BCUT2D eigenvalue weighted by Crippen LogP contribution is 2.38. The zero-order chi connectivity index (χ0) is 14.2. The molecule has 1 fully saturated rings. The van der Waals surface area contributed by atoms with E-state index in [-0.39, 0.29) is 6.04 Å². The van der Waals surface area contributed by atoms with Crippen molar-refractivity contribution in [1.29, 1.82) is 0 Å². The van der Waals surface area contributed by atoms with E-state index in [0.717, 1.165) is 29.1 Å². The van der Waals surface area contributed by atoms with Gasteiger partial charge in [0.2, 0.25) is 0 Å². The van der Waals surface area contributed by atoms with Crippen LogP contribution in [0.15, 0.2) is 22.7 Å². The summed E-state index contributed by atoms with van der Waals surface area (Å²) in [5.74, 6) is 1.86. The van der Waals surface area contributed by atoms with Crippen molar-refractivity contribution in [3.05, 3.63) is 34.1 Å². The first-order valence-corrected chi connectivity index (χ1v) is 8.03. The van der Waals surface area contributed by atoms with Gasteiger partial charge in [0.1, 0.15) is 5.75 Å². The smallest absolute Gasteiger partial charge is 0.165 e. The average molecular weight is 350 g/mol. The van der Waals surface area contributed by atoms with Crippen LogP contribution in [-0.2, 0) is 6.54 Å². The van der Waals surface area contributed by atoms with Crippen molar-refractivity contribution in [2.24, 2.45) is 0 Å². The number of tetrazole rings is 1. The predicted molar refractivity (Wildman–Crippen MR) is 79.9 cm³/mol. The summed E-state index contributed by atoms with van der Waals surface area (Å²) < 4.78 is 8.72. The van der Waals surface area contributed by atoms with Crippen LogP contribution in [0.5, 0.6) is 5.75 Å². The number of aromatic nitrogens is 4. The number of hydrogen-bond acceptors (Lipinski definition) is 5. The Labute approximate surface area is 131 Å². The Kier molecular flexibility index (Phi) is 3.39. The Morgan fingerprint density at radius 2 is 2.24 bits per heavy atom. The molecule has 2 aromatic rings. The van der Waals surface area contributed by atoms with E-state index in [9.17, 15) is 0 Å². The van der Waals surface area contributed by atoms with Crippen LogP contribution >= 0.6 is 15.9 Å². The molecular formula is C14H16BrN5O. The van der Waals surface area contributed by atoms with Gasteiger partial charge in [-0.1, -0.05) is 12.1 Å². The Balaban J connectivity index is 1.51. The first kappa shape index (κ1) is 13.2. The van der Waals surface area contributed by atoms with Gasteiger partial charge in [-0.15, -0.1) is 5.10 Å². The second-order valence-corrected chi connectivity index (χ2v) is 6.35. The van der Waals surface area contributed by atoms with Gasteiger partial charge < -0.3 is 10.1 Å². The largest absolute Gasteiger partial charge is 0.492 e. The van der Waals surface area contributed by atoms with Gasteiger partial charge in [0.05, 0.1) is 23.7 Å². The molecular weight excluding hydrogens is 334 g/mol. The number of rotatable bonds is 4. The molecule has 1 saturated carbocycles. The van der Waals surface area contributed by atoms with Crippen LogP contribution in [0.2, 0.25) is 0 Å². The number of para-hydroxylation sites is 1. The van der Waals surface area contributed by atoms with Gasteiger partial charge >= 0.3 is 0 Å². The number of fused-ring (bicyclic) bond motifs is 1. The highest BCUT2D eigenvalue weighted by Gasteiger charge is 2.28. The van der Waals surface area contributed by atoms with E-state index in [2.05, 4.69) is 42.8 Å². The van der Waals surface area contributed by atoms with E-state index in [1.54, 1.807) is 0 Å². The van der Waals surface area contributed by atoms with Gasteiger partial charge in [-0.3, -0.25) is 0 Å². The lowest BCUT2D eigenvalue weighted by atomic mass is 10.0. The van der Waals surface area contributed by atoms with Crippen LogP contribution in [0, 0.1) is 0 Å². The molecule has 0 radical (unpaired) electrons. The van der Waals surface area contributed by atoms with Gasteiger partial charge in [0.15, 0.2) is 5.82 Å². The third-order valence-electron chi connectivity index (χ3n) is 3.99. The SMILES string of the molecule is Brc1cccc2c1OCCC2NCc1nnnn1C1CC1. The van der Waals surface area contributed by atoms with Crippen LogP contribution in [-0.4, -0.2) is 26.8 Å².